The number of hydrogen-bond donors (Lipinski definition) is 0. The highest BCUT2D eigenvalue weighted by Gasteiger charge is 2.27. The third-order valence-corrected chi connectivity index (χ3v) is 5.47. The topological polar surface area (TPSA) is 51.5 Å². The smallest absolute Gasteiger partial charge is 0.295 e. The molecule has 2 aromatic carbocycles. The number of rotatable bonds is 4. The first-order valence-corrected chi connectivity index (χ1v) is 9.73. The minimum Gasteiger partial charge on any atom is -0.378 e. The fourth-order valence-corrected chi connectivity index (χ4v) is 3.89. The van der Waals surface area contributed by atoms with E-state index in [-0.39, 0.29) is 0 Å². The summed E-state index contributed by atoms with van der Waals surface area (Å²) in [6, 6.07) is 12.9. The van der Waals surface area contributed by atoms with Gasteiger partial charge in [-0.1, -0.05) is 47.5 Å². The molecule has 0 N–H and O–H groups in total. The number of benzene rings is 2. The lowest BCUT2D eigenvalue weighted by atomic mass is 10.1. The predicted molar refractivity (Wildman–Crippen MR) is 109 cm³/mol. The van der Waals surface area contributed by atoms with E-state index in [9.17, 15) is 9.59 Å². The first kappa shape index (κ1) is 19.0. The van der Waals surface area contributed by atoms with Gasteiger partial charge in [0, 0.05) is 46.8 Å². The van der Waals surface area contributed by atoms with Gasteiger partial charge in [0.25, 0.3) is 11.7 Å². The Morgan fingerprint density at radius 2 is 1.79 bits per heavy atom. The molecule has 0 atom stereocenters. The lowest BCUT2D eigenvalue weighted by molar-refractivity contribution is -0.130. The molecule has 0 bridgehead atoms. The molecule has 3 aromatic rings. The summed E-state index contributed by atoms with van der Waals surface area (Å²) in [4.78, 5) is 27.2. The van der Waals surface area contributed by atoms with Crippen molar-refractivity contribution in [2.45, 2.75) is 6.54 Å². The van der Waals surface area contributed by atoms with Crippen LogP contribution in [0.4, 0.5) is 0 Å². The lowest BCUT2D eigenvalue weighted by Crippen LogP contribution is -2.44. The molecule has 0 spiro atoms. The Morgan fingerprint density at radius 3 is 2.54 bits per heavy atom. The highest BCUT2D eigenvalue weighted by molar-refractivity contribution is 6.45. The molecule has 1 aliphatic heterocycles. The molecule has 0 aliphatic carbocycles. The standard InChI is InChI=1S/C21H18Cl2N2O3/c22-15-6-5-14(18(23)11-15)12-25-13-17(16-3-1-2-4-19(16)25)20(26)21(27)24-7-9-28-10-8-24/h1-6,11,13H,7-10,12H2. The van der Waals surface area contributed by atoms with Crippen LogP contribution in [0.5, 0.6) is 0 Å². The molecule has 1 saturated heterocycles. The molecule has 1 amide bonds. The lowest BCUT2D eigenvalue weighted by Gasteiger charge is -2.25. The number of ketones is 1. The molecule has 0 saturated carbocycles. The molecule has 1 fully saturated rings. The van der Waals surface area contributed by atoms with Crippen LogP contribution in [-0.4, -0.2) is 47.5 Å². The van der Waals surface area contributed by atoms with Gasteiger partial charge in [-0.25, -0.2) is 0 Å². The number of fused-ring (bicyclic) bond motifs is 1. The highest BCUT2D eigenvalue weighted by Crippen LogP contribution is 2.27. The van der Waals surface area contributed by atoms with Crippen molar-refractivity contribution in [1.29, 1.82) is 0 Å². The van der Waals surface area contributed by atoms with Gasteiger partial charge >= 0.3 is 0 Å². The molecule has 28 heavy (non-hydrogen) atoms. The van der Waals surface area contributed by atoms with Gasteiger partial charge in [0.15, 0.2) is 0 Å². The van der Waals surface area contributed by atoms with Gasteiger partial charge in [-0.2, -0.15) is 0 Å². The van der Waals surface area contributed by atoms with Crippen molar-refractivity contribution >= 4 is 45.8 Å². The van der Waals surface area contributed by atoms with Crippen LogP contribution in [0.1, 0.15) is 15.9 Å². The second-order valence-corrected chi connectivity index (χ2v) is 7.50. The largest absolute Gasteiger partial charge is 0.378 e. The van der Waals surface area contributed by atoms with Gasteiger partial charge in [-0.05, 0) is 23.8 Å². The minimum atomic E-state index is -0.501. The van der Waals surface area contributed by atoms with Crippen molar-refractivity contribution in [2.75, 3.05) is 26.3 Å². The van der Waals surface area contributed by atoms with Crippen LogP contribution < -0.4 is 0 Å². The fourth-order valence-electron chi connectivity index (χ4n) is 3.42. The number of amides is 1. The second kappa shape index (κ2) is 7.95. The number of carbonyl (C=O) groups is 2. The molecule has 7 heteroatoms. The van der Waals surface area contributed by atoms with Crippen LogP contribution in [0, 0.1) is 0 Å². The van der Waals surface area contributed by atoms with Gasteiger partial charge in [-0.3, -0.25) is 9.59 Å². The number of ether oxygens (including phenoxy) is 1. The number of Topliss-reactive ketones (excluding diaryl/α,β-unsaturated/α-hetero) is 1. The Balaban J connectivity index is 1.70. The van der Waals surface area contributed by atoms with Crippen LogP contribution in [0.25, 0.3) is 10.9 Å². The van der Waals surface area contributed by atoms with Crippen LogP contribution in [0.2, 0.25) is 10.0 Å². The number of halogens is 2. The Hall–Kier alpha value is -2.34. The van der Waals surface area contributed by atoms with Gasteiger partial charge in [-0.15, -0.1) is 0 Å². The van der Waals surface area contributed by atoms with E-state index in [1.807, 2.05) is 34.9 Å². The summed E-state index contributed by atoms with van der Waals surface area (Å²) in [5.41, 5.74) is 2.15. The molecule has 5 nitrogen and oxygen atoms in total. The maximum Gasteiger partial charge on any atom is 0.295 e. The quantitative estimate of drug-likeness (QED) is 0.476. The van der Waals surface area contributed by atoms with Crippen molar-refractivity contribution in [3.05, 3.63) is 69.8 Å². The Morgan fingerprint density at radius 1 is 1.04 bits per heavy atom. The van der Waals surface area contributed by atoms with Gasteiger partial charge in [0.2, 0.25) is 0 Å². The van der Waals surface area contributed by atoms with E-state index in [0.29, 0.717) is 48.5 Å². The maximum atomic E-state index is 12.9. The zero-order chi connectivity index (χ0) is 19.7. The number of morpholine rings is 1. The zero-order valence-corrected chi connectivity index (χ0v) is 16.5. The molecule has 2 heterocycles. The van der Waals surface area contributed by atoms with E-state index in [2.05, 4.69) is 0 Å². The average molecular weight is 417 g/mol. The summed E-state index contributed by atoms with van der Waals surface area (Å²) in [6.07, 6.45) is 1.73. The third kappa shape index (κ3) is 3.65. The van der Waals surface area contributed by atoms with Crippen molar-refractivity contribution in [2.24, 2.45) is 0 Å². The first-order chi connectivity index (χ1) is 13.5. The maximum absolute atomic E-state index is 12.9. The van der Waals surface area contributed by atoms with Crippen molar-refractivity contribution in [3.8, 4) is 0 Å². The highest BCUT2D eigenvalue weighted by atomic mass is 35.5. The van der Waals surface area contributed by atoms with Gasteiger partial charge in [0.05, 0.1) is 18.8 Å². The van der Waals surface area contributed by atoms with Crippen LogP contribution in [0.3, 0.4) is 0 Å². The van der Waals surface area contributed by atoms with Crippen LogP contribution in [-0.2, 0) is 16.1 Å². The molecule has 0 unspecified atom stereocenters. The number of aromatic nitrogens is 1. The van der Waals surface area contributed by atoms with Crippen molar-refractivity contribution in [3.63, 3.8) is 0 Å². The number of nitrogens with zero attached hydrogens (tertiary/aromatic N) is 2. The SMILES string of the molecule is O=C(C(=O)N1CCOCC1)c1cn(Cc2ccc(Cl)cc2Cl)c2ccccc12. The number of hydrogen-bond acceptors (Lipinski definition) is 3. The van der Waals surface area contributed by atoms with Crippen molar-refractivity contribution in [1.82, 2.24) is 9.47 Å². The fraction of sp³-hybridized carbons (Fsp3) is 0.238. The Labute approximate surface area is 172 Å². The zero-order valence-electron chi connectivity index (χ0n) is 15.0. The predicted octanol–water partition coefficient (Wildman–Crippen LogP) is 4.04. The molecule has 1 aromatic heterocycles. The molecular formula is C21H18Cl2N2O3. The summed E-state index contributed by atoms with van der Waals surface area (Å²) in [7, 11) is 0. The number of para-hydroxylation sites is 1. The van der Waals surface area contributed by atoms with Crippen molar-refractivity contribution < 1.29 is 14.3 Å². The van der Waals surface area contributed by atoms with E-state index >= 15 is 0 Å². The molecule has 4 rings (SSSR count). The van der Waals surface area contributed by atoms with E-state index < -0.39 is 11.7 Å². The average Bonchev–Trinajstić information content (AvgIpc) is 3.08. The summed E-state index contributed by atoms with van der Waals surface area (Å²) >= 11 is 12.3. The van der Waals surface area contributed by atoms with Gasteiger partial charge in [0.1, 0.15) is 0 Å². The minimum absolute atomic E-state index is 0.400. The van der Waals surface area contributed by atoms with E-state index in [1.165, 1.54) is 0 Å². The Kier molecular flexibility index (Phi) is 5.40. The normalized spacial score (nSPS) is 14.4. The molecule has 0 radical (unpaired) electrons. The summed E-state index contributed by atoms with van der Waals surface area (Å²) in [5.74, 6) is -0.991. The Bertz CT molecular complexity index is 1050. The third-order valence-electron chi connectivity index (χ3n) is 4.88. The monoisotopic (exact) mass is 416 g/mol. The summed E-state index contributed by atoms with van der Waals surface area (Å²) < 4.78 is 7.20. The van der Waals surface area contributed by atoms with E-state index in [4.69, 9.17) is 27.9 Å². The summed E-state index contributed by atoms with van der Waals surface area (Å²) in [5, 5.41) is 1.87. The van der Waals surface area contributed by atoms with Crippen LogP contribution in [0.15, 0.2) is 48.7 Å². The van der Waals surface area contributed by atoms with E-state index in [0.717, 1.165) is 16.5 Å². The van der Waals surface area contributed by atoms with E-state index in [1.54, 1.807) is 23.2 Å². The molecular weight excluding hydrogens is 399 g/mol. The number of carbonyl (C=O) groups excluding carboxylic acids is 2. The second-order valence-electron chi connectivity index (χ2n) is 6.66. The molecule has 1 aliphatic rings. The van der Waals surface area contributed by atoms with Gasteiger partial charge < -0.3 is 14.2 Å². The first-order valence-electron chi connectivity index (χ1n) is 8.98. The summed E-state index contributed by atoms with van der Waals surface area (Å²) in [6.45, 7) is 2.24. The molecule has 144 valence electrons. The van der Waals surface area contributed by atoms with Crippen LogP contribution >= 0.6 is 23.2 Å².